The molecule has 3 aromatic carbocycles. The number of hydrogen-bond donors (Lipinski definition) is 3. The van der Waals surface area contributed by atoms with E-state index in [-0.39, 0.29) is 5.91 Å². The summed E-state index contributed by atoms with van der Waals surface area (Å²) >= 11 is 0. The molecule has 0 bridgehead atoms. The molecular weight excluding hydrogens is 364 g/mol. The Balaban J connectivity index is 1.72. The van der Waals surface area contributed by atoms with Crippen molar-refractivity contribution in [2.24, 2.45) is 0 Å². The van der Waals surface area contributed by atoms with Gasteiger partial charge in [-0.1, -0.05) is 91.0 Å². The van der Waals surface area contributed by atoms with Gasteiger partial charge >= 0.3 is 0 Å². The Morgan fingerprint density at radius 3 is 1.69 bits per heavy atom. The predicted molar refractivity (Wildman–Crippen MR) is 112 cm³/mol. The van der Waals surface area contributed by atoms with Crippen LogP contribution in [0, 0.1) is 0 Å². The van der Waals surface area contributed by atoms with Gasteiger partial charge in [0.05, 0.1) is 12.5 Å². The van der Waals surface area contributed by atoms with Crippen molar-refractivity contribution in [1.29, 1.82) is 0 Å². The van der Waals surface area contributed by atoms with Crippen LogP contribution in [0.1, 0.15) is 22.6 Å². The van der Waals surface area contributed by atoms with Gasteiger partial charge in [-0.15, -0.1) is 0 Å². The summed E-state index contributed by atoms with van der Waals surface area (Å²) in [6.45, 7) is -0.157. The molecule has 0 spiro atoms. The lowest BCUT2D eigenvalue weighted by Gasteiger charge is -2.22. The van der Waals surface area contributed by atoms with Crippen molar-refractivity contribution >= 4 is 11.8 Å². The zero-order valence-electron chi connectivity index (χ0n) is 16.0. The number of benzene rings is 3. The van der Waals surface area contributed by atoms with E-state index in [1.165, 1.54) is 0 Å². The lowest BCUT2D eigenvalue weighted by atomic mass is 9.90. The Bertz CT molecular complexity index is 875. The van der Waals surface area contributed by atoms with E-state index in [2.05, 4.69) is 10.6 Å². The van der Waals surface area contributed by atoms with Crippen molar-refractivity contribution in [1.82, 2.24) is 10.6 Å². The van der Waals surface area contributed by atoms with Gasteiger partial charge in [-0.3, -0.25) is 9.59 Å². The SMILES string of the molecule is O=C(NCc1ccccc1)C(CO)NC(=O)C(c1ccccc1)c1ccccc1. The van der Waals surface area contributed by atoms with Gasteiger partial charge in [0.25, 0.3) is 0 Å². The van der Waals surface area contributed by atoms with Crippen molar-refractivity contribution in [2.75, 3.05) is 6.61 Å². The van der Waals surface area contributed by atoms with E-state index in [0.29, 0.717) is 6.54 Å². The molecule has 0 saturated carbocycles. The van der Waals surface area contributed by atoms with Crippen molar-refractivity contribution < 1.29 is 14.7 Å². The van der Waals surface area contributed by atoms with Crippen LogP contribution in [0.4, 0.5) is 0 Å². The normalized spacial score (nSPS) is 11.7. The molecule has 0 aromatic heterocycles. The fourth-order valence-corrected chi connectivity index (χ4v) is 3.14. The highest BCUT2D eigenvalue weighted by molar-refractivity contribution is 5.92. The Kier molecular flexibility index (Phi) is 7.14. The first-order valence-electron chi connectivity index (χ1n) is 9.52. The highest BCUT2D eigenvalue weighted by Gasteiger charge is 2.27. The number of aliphatic hydroxyl groups is 1. The third-order valence-corrected chi connectivity index (χ3v) is 4.65. The van der Waals surface area contributed by atoms with Gasteiger partial charge in [0.2, 0.25) is 11.8 Å². The zero-order chi connectivity index (χ0) is 20.5. The summed E-state index contributed by atoms with van der Waals surface area (Å²) in [5.74, 6) is -1.34. The van der Waals surface area contributed by atoms with Crippen LogP contribution in [0.3, 0.4) is 0 Å². The average molecular weight is 388 g/mol. The Morgan fingerprint density at radius 1 is 0.724 bits per heavy atom. The number of hydrogen-bond acceptors (Lipinski definition) is 3. The summed E-state index contributed by atoms with van der Waals surface area (Å²) in [6.07, 6.45) is 0. The molecule has 0 aliphatic carbocycles. The molecule has 1 unspecified atom stereocenters. The Hall–Kier alpha value is -3.44. The number of aliphatic hydroxyl groups excluding tert-OH is 1. The van der Waals surface area contributed by atoms with Gasteiger partial charge in [0, 0.05) is 6.54 Å². The highest BCUT2D eigenvalue weighted by atomic mass is 16.3. The third kappa shape index (κ3) is 5.53. The van der Waals surface area contributed by atoms with Crippen molar-refractivity contribution in [3.8, 4) is 0 Å². The fraction of sp³-hybridized carbons (Fsp3) is 0.167. The second kappa shape index (κ2) is 10.2. The summed E-state index contributed by atoms with van der Waals surface area (Å²) < 4.78 is 0. The summed E-state index contributed by atoms with van der Waals surface area (Å²) in [6, 6.07) is 27.2. The second-order valence-electron chi connectivity index (χ2n) is 6.70. The lowest BCUT2D eigenvalue weighted by Crippen LogP contribution is -2.50. The van der Waals surface area contributed by atoms with Gasteiger partial charge in [-0.2, -0.15) is 0 Å². The molecule has 0 heterocycles. The zero-order valence-corrected chi connectivity index (χ0v) is 16.0. The molecule has 3 rings (SSSR count). The minimum absolute atomic E-state index is 0.326. The van der Waals surface area contributed by atoms with Crippen LogP contribution in [0.25, 0.3) is 0 Å². The van der Waals surface area contributed by atoms with E-state index in [4.69, 9.17) is 0 Å². The summed E-state index contributed by atoms with van der Waals surface area (Å²) in [5.41, 5.74) is 2.57. The van der Waals surface area contributed by atoms with Crippen LogP contribution in [0.2, 0.25) is 0 Å². The first kappa shape index (κ1) is 20.3. The molecule has 148 valence electrons. The van der Waals surface area contributed by atoms with Crippen molar-refractivity contribution in [3.63, 3.8) is 0 Å². The number of nitrogens with one attached hydrogen (secondary N) is 2. The molecule has 29 heavy (non-hydrogen) atoms. The molecule has 0 aliphatic rings. The summed E-state index contributed by atoms with van der Waals surface area (Å²) in [5, 5.41) is 15.1. The first-order chi connectivity index (χ1) is 14.2. The van der Waals surface area contributed by atoms with Gasteiger partial charge < -0.3 is 15.7 Å². The van der Waals surface area contributed by atoms with Crippen LogP contribution in [-0.4, -0.2) is 29.6 Å². The van der Waals surface area contributed by atoms with Crippen LogP contribution in [0.5, 0.6) is 0 Å². The minimum Gasteiger partial charge on any atom is -0.394 e. The van der Waals surface area contributed by atoms with Gasteiger partial charge in [-0.25, -0.2) is 0 Å². The fourth-order valence-electron chi connectivity index (χ4n) is 3.14. The maximum Gasteiger partial charge on any atom is 0.245 e. The van der Waals surface area contributed by atoms with Crippen LogP contribution < -0.4 is 10.6 Å². The number of carbonyl (C=O) groups is 2. The number of carbonyl (C=O) groups excluding carboxylic acids is 2. The van der Waals surface area contributed by atoms with Gasteiger partial charge in [0.1, 0.15) is 6.04 Å². The molecule has 0 fully saturated rings. The molecule has 3 aromatic rings. The van der Waals surface area contributed by atoms with Crippen molar-refractivity contribution in [3.05, 3.63) is 108 Å². The van der Waals surface area contributed by atoms with E-state index < -0.39 is 24.5 Å². The minimum atomic E-state index is -1.03. The summed E-state index contributed by atoms with van der Waals surface area (Å²) in [4.78, 5) is 25.6. The Morgan fingerprint density at radius 2 is 1.21 bits per heavy atom. The third-order valence-electron chi connectivity index (χ3n) is 4.65. The van der Waals surface area contributed by atoms with E-state index in [9.17, 15) is 14.7 Å². The quantitative estimate of drug-likeness (QED) is 0.555. The van der Waals surface area contributed by atoms with E-state index in [0.717, 1.165) is 16.7 Å². The molecule has 0 radical (unpaired) electrons. The number of rotatable bonds is 8. The largest absolute Gasteiger partial charge is 0.394 e. The molecular formula is C24H24N2O3. The molecule has 0 saturated heterocycles. The van der Waals surface area contributed by atoms with Gasteiger partial charge in [-0.05, 0) is 16.7 Å². The second-order valence-corrected chi connectivity index (χ2v) is 6.70. The molecule has 0 aliphatic heterocycles. The van der Waals surface area contributed by atoms with E-state index in [1.54, 1.807) is 0 Å². The predicted octanol–water partition coefficient (Wildman–Crippen LogP) is 2.61. The van der Waals surface area contributed by atoms with Crippen LogP contribution >= 0.6 is 0 Å². The lowest BCUT2D eigenvalue weighted by molar-refractivity contribution is -0.130. The first-order valence-corrected chi connectivity index (χ1v) is 9.52. The number of amides is 2. The van der Waals surface area contributed by atoms with Gasteiger partial charge in [0.15, 0.2) is 0 Å². The maximum absolute atomic E-state index is 13.1. The van der Waals surface area contributed by atoms with E-state index in [1.807, 2.05) is 91.0 Å². The molecule has 5 nitrogen and oxygen atoms in total. The van der Waals surface area contributed by atoms with Crippen LogP contribution in [0.15, 0.2) is 91.0 Å². The molecule has 5 heteroatoms. The molecule has 2 amide bonds. The standard InChI is InChI=1S/C24H24N2O3/c27-17-21(23(28)25-16-18-10-4-1-5-11-18)26-24(29)22(19-12-6-2-7-13-19)20-14-8-3-9-15-20/h1-15,21-22,27H,16-17H2,(H,25,28)(H,26,29). The molecule has 1 atom stereocenters. The molecule has 3 N–H and O–H groups in total. The van der Waals surface area contributed by atoms with E-state index >= 15 is 0 Å². The van der Waals surface area contributed by atoms with Crippen LogP contribution in [-0.2, 0) is 16.1 Å². The smallest absolute Gasteiger partial charge is 0.245 e. The maximum atomic E-state index is 13.1. The Labute approximate surface area is 170 Å². The average Bonchev–Trinajstić information content (AvgIpc) is 2.78. The monoisotopic (exact) mass is 388 g/mol. The highest BCUT2D eigenvalue weighted by Crippen LogP contribution is 2.24. The topological polar surface area (TPSA) is 78.4 Å². The summed E-state index contributed by atoms with van der Waals surface area (Å²) in [7, 11) is 0. The van der Waals surface area contributed by atoms with Crippen molar-refractivity contribution in [2.45, 2.75) is 18.5 Å².